The van der Waals surface area contributed by atoms with Gasteiger partial charge in [0.2, 0.25) is 5.91 Å². The van der Waals surface area contributed by atoms with Gasteiger partial charge in [0.05, 0.1) is 0 Å². The fraction of sp³-hybridized carbons (Fsp3) is 0.462. The average molecular weight is 395 g/mol. The Morgan fingerprint density at radius 2 is 1.45 bits per heavy atom. The number of carbonyl (C=O) groups is 1. The fourth-order valence-corrected chi connectivity index (χ4v) is 2.69. The number of hydrogen-bond acceptors (Lipinski definition) is 2. The second-order valence-electron chi connectivity index (χ2n) is 7.25. The van der Waals surface area contributed by atoms with Gasteiger partial charge in [0.15, 0.2) is 0 Å². The Bertz CT molecular complexity index is 654. The smallest absolute Gasteiger partial charge is 0.225 e. The van der Waals surface area contributed by atoms with E-state index >= 15 is 0 Å². The first-order valence-electron chi connectivity index (χ1n) is 11.0. The fourth-order valence-electron chi connectivity index (χ4n) is 2.69. The van der Waals surface area contributed by atoms with Crippen LogP contribution < -0.4 is 5.32 Å². The molecule has 0 atom stereocenters. The SMILES string of the molecule is CCCCCC=CCC=CCC=CCC=CCCCC(=O)Nc1ccc(C)cn1. The first kappa shape index (κ1) is 24.6. The lowest BCUT2D eigenvalue weighted by atomic mass is 10.2. The Morgan fingerprint density at radius 3 is 2.00 bits per heavy atom. The van der Waals surface area contributed by atoms with Crippen LogP contribution in [0.4, 0.5) is 5.82 Å². The molecule has 1 aromatic heterocycles. The molecule has 0 radical (unpaired) electrons. The maximum atomic E-state index is 11.9. The van der Waals surface area contributed by atoms with Gasteiger partial charge >= 0.3 is 0 Å². The van der Waals surface area contributed by atoms with Crippen molar-refractivity contribution in [2.24, 2.45) is 0 Å². The van der Waals surface area contributed by atoms with Crippen molar-refractivity contribution in [3.8, 4) is 0 Å². The van der Waals surface area contributed by atoms with Crippen molar-refractivity contribution in [1.29, 1.82) is 0 Å². The van der Waals surface area contributed by atoms with Gasteiger partial charge in [-0.25, -0.2) is 4.98 Å². The summed E-state index contributed by atoms with van der Waals surface area (Å²) in [6, 6.07) is 3.78. The van der Waals surface area contributed by atoms with Gasteiger partial charge in [0.25, 0.3) is 0 Å². The van der Waals surface area contributed by atoms with Crippen LogP contribution in [0.1, 0.15) is 76.7 Å². The molecular weight excluding hydrogens is 356 g/mol. The molecule has 3 nitrogen and oxygen atoms in total. The van der Waals surface area contributed by atoms with E-state index in [1.54, 1.807) is 6.20 Å². The van der Waals surface area contributed by atoms with Crippen LogP contribution in [0.25, 0.3) is 0 Å². The van der Waals surface area contributed by atoms with Gasteiger partial charge in [-0.1, -0.05) is 74.4 Å². The number of aryl methyl sites for hydroxylation is 1. The van der Waals surface area contributed by atoms with E-state index in [0.717, 1.165) is 37.7 Å². The summed E-state index contributed by atoms with van der Waals surface area (Å²) in [5.41, 5.74) is 1.09. The number of aromatic nitrogens is 1. The molecule has 158 valence electrons. The molecule has 1 amide bonds. The van der Waals surface area contributed by atoms with Crippen LogP contribution in [0.15, 0.2) is 66.9 Å². The van der Waals surface area contributed by atoms with Crippen LogP contribution in [-0.2, 0) is 4.79 Å². The predicted molar refractivity (Wildman–Crippen MR) is 126 cm³/mol. The molecule has 1 aromatic rings. The molecule has 0 bridgehead atoms. The number of pyridine rings is 1. The molecule has 1 N–H and O–H groups in total. The second-order valence-corrected chi connectivity index (χ2v) is 7.25. The van der Waals surface area contributed by atoms with Crippen molar-refractivity contribution in [3.05, 3.63) is 72.5 Å². The van der Waals surface area contributed by atoms with E-state index in [1.807, 2.05) is 19.1 Å². The van der Waals surface area contributed by atoms with Crippen molar-refractivity contribution in [2.45, 2.75) is 78.1 Å². The lowest BCUT2D eigenvalue weighted by Gasteiger charge is -2.03. The van der Waals surface area contributed by atoms with Gasteiger partial charge in [-0.15, -0.1) is 0 Å². The van der Waals surface area contributed by atoms with Crippen molar-refractivity contribution >= 4 is 11.7 Å². The van der Waals surface area contributed by atoms with Gasteiger partial charge in [0, 0.05) is 12.6 Å². The molecule has 29 heavy (non-hydrogen) atoms. The number of anilines is 1. The van der Waals surface area contributed by atoms with Crippen molar-refractivity contribution in [1.82, 2.24) is 4.98 Å². The van der Waals surface area contributed by atoms with Gasteiger partial charge in [-0.3, -0.25) is 4.79 Å². The monoisotopic (exact) mass is 394 g/mol. The van der Waals surface area contributed by atoms with Crippen molar-refractivity contribution in [3.63, 3.8) is 0 Å². The number of amides is 1. The Labute approximate surface area is 177 Å². The summed E-state index contributed by atoms with van der Waals surface area (Å²) in [6.07, 6.45) is 29.9. The Morgan fingerprint density at radius 1 is 0.862 bits per heavy atom. The topological polar surface area (TPSA) is 42.0 Å². The molecule has 1 rings (SSSR count). The highest BCUT2D eigenvalue weighted by molar-refractivity contribution is 5.89. The summed E-state index contributed by atoms with van der Waals surface area (Å²) in [7, 11) is 0. The summed E-state index contributed by atoms with van der Waals surface area (Å²) in [4.78, 5) is 16.0. The van der Waals surface area contributed by atoms with E-state index in [4.69, 9.17) is 0 Å². The van der Waals surface area contributed by atoms with E-state index in [2.05, 4.69) is 65.8 Å². The first-order valence-corrected chi connectivity index (χ1v) is 11.0. The number of rotatable bonds is 15. The molecule has 0 aromatic carbocycles. The van der Waals surface area contributed by atoms with Crippen LogP contribution >= 0.6 is 0 Å². The van der Waals surface area contributed by atoms with Crippen LogP contribution in [0, 0.1) is 6.92 Å². The largest absolute Gasteiger partial charge is 0.311 e. The second kappa shape index (κ2) is 17.7. The first-order chi connectivity index (χ1) is 14.2. The minimum Gasteiger partial charge on any atom is -0.311 e. The highest BCUT2D eigenvalue weighted by atomic mass is 16.1. The molecule has 1 heterocycles. The van der Waals surface area contributed by atoms with Crippen LogP contribution in [0.2, 0.25) is 0 Å². The molecule has 3 heteroatoms. The number of unbranched alkanes of at least 4 members (excludes halogenated alkanes) is 4. The van der Waals surface area contributed by atoms with Crippen LogP contribution in [0.3, 0.4) is 0 Å². The van der Waals surface area contributed by atoms with Crippen LogP contribution in [-0.4, -0.2) is 10.9 Å². The standard InChI is InChI=1S/C26H38N2O/c1-3-4-5-6-7-8-9-10-11-12-13-14-15-16-17-18-19-20-26(29)28-25-22-21-24(2)23-27-25/h7-8,10-11,13-14,16-17,21-23H,3-6,9,12,15,18-20H2,1-2H3,(H,27,28,29). The minimum absolute atomic E-state index is 0.0252. The molecule has 0 aliphatic rings. The Kier molecular flexibility index (Phi) is 15.0. The molecule has 0 spiro atoms. The summed E-state index contributed by atoms with van der Waals surface area (Å²) in [5.74, 6) is 0.649. The van der Waals surface area contributed by atoms with E-state index in [9.17, 15) is 4.79 Å². The van der Waals surface area contributed by atoms with E-state index in [-0.39, 0.29) is 5.91 Å². The van der Waals surface area contributed by atoms with Gasteiger partial charge in [-0.2, -0.15) is 0 Å². The number of allylic oxidation sites excluding steroid dienone is 8. The molecule has 0 unspecified atom stereocenters. The van der Waals surface area contributed by atoms with Crippen LogP contribution in [0.5, 0.6) is 0 Å². The third kappa shape index (κ3) is 15.2. The van der Waals surface area contributed by atoms with E-state index in [0.29, 0.717) is 12.2 Å². The van der Waals surface area contributed by atoms with Crippen molar-refractivity contribution < 1.29 is 4.79 Å². The third-order valence-electron chi connectivity index (χ3n) is 4.41. The quantitative estimate of drug-likeness (QED) is 0.247. The molecule has 0 fully saturated rings. The summed E-state index contributed by atoms with van der Waals surface area (Å²) in [5, 5.41) is 2.83. The zero-order chi connectivity index (χ0) is 21.0. The number of carbonyl (C=O) groups excluding carboxylic acids is 1. The Balaban J connectivity index is 1.98. The zero-order valence-corrected chi connectivity index (χ0v) is 18.3. The molecule has 0 aliphatic heterocycles. The summed E-state index contributed by atoms with van der Waals surface area (Å²) >= 11 is 0. The summed E-state index contributed by atoms with van der Waals surface area (Å²) < 4.78 is 0. The summed E-state index contributed by atoms with van der Waals surface area (Å²) in [6.45, 7) is 4.22. The lowest BCUT2D eigenvalue weighted by molar-refractivity contribution is -0.116. The van der Waals surface area contributed by atoms with E-state index < -0.39 is 0 Å². The number of hydrogen-bond donors (Lipinski definition) is 1. The van der Waals surface area contributed by atoms with Gasteiger partial charge in [-0.05, 0) is 63.5 Å². The Hall–Kier alpha value is -2.42. The predicted octanol–water partition coefficient (Wildman–Crippen LogP) is 7.47. The highest BCUT2D eigenvalue weighted by Gasteiger charge is 2.01. The number of nitrogens with one attached hydrogen (secondary N) is 1. The molecule has 0 saturated carbocycles. The zero-order valence-electron chi connectivity index (χ0n) is 18.3. The lowest BCUT2D eigenvalue weighted by Crippen LogP contribution is -2.11. The number of nitrogens with zero attached hydrogens (tertiary/aromatic N) is 1. The average Bonchev–Trinajstić information content (AvgIpc) is 2.72. The normalized spacial score (nSPS) is 12.1. The van der Waals surface area contributed by atoms with Gasteiger partial charge < -0.3 is 5.32 Å². The molecular formula is C26H38N2O. The highest BCUT2D eigenvalue weighted by Crippen LogP contribution is 2.06. The molecule has 0 saturated heterocycles. The van der Waals surface area contributed by atoms with E-state index in [1.165, 1.54) is 25.7 Å². The van der Waals surface area contributed by atoms with Gasteiger partial charge in [0.1, 0.15) is 5.82 Å². The van der Waals surface area contributed by atoms with Crippen molar-refractivity contribution in [2.75, 3.05) is 5.32 Å². The maximum Gasteiger partial charge on any atom is 0.225 e. The maximum absolute atomic E-state index is 11.9. The minimum atomic E-state index is 0.0252. The molecule has 0 aliphatic carbocycles. The third-order valence-corrected chi connectivity index (χ3v) is 4.41.